The number of rotatable bonds is 6. The van der Waals surface area contributed by atoms with Gasteiger partial charge in [0.1, 0.15) is 17.3 Å². The summed E-state index contributed by atoms with van der Waals surface area (Å²) in [6, 6.07) is 5.03. The first-order valence-electron chi connectivity index (χ1n) is 10.0. The third-order valence-electron chi connectivity index (χ3n) is 4.88. The number of hydrogen-bond donors (Lipinski definition) is 0. The minimum absolute atomic E-state index is 0.144. The summed E-state index contributed by atoms with van der Waals surface area (Å²) in [5, 5.41) is 0. The van der Waals surface area contributed by atoms with Crippen LogP contribution < -0.4 is 9.47 Å². The molecule has 2 rings (SSSR count). The number of carbonyl (C=O) groups excluding carboxylic acids is 1. The maximum atomic E-state index is 12.7. The number of benzene rings is 1. The third kappa shape index (κ3) is 6.02. The number of hydrogen-bond acceptors (Lipinski definition) is 4. The summed E-state index contributed by atoms with van der Waals surface area (Å²) < 4.78 is 47.5. The average molecular weight is 439 g/mol. The maximum Gasteiger partial charge on any atom is 0.573 e. The Bertz CT molecular complexity index is 907. The molecule has 0 saturated heterocycles. The maximum absolute atomic E-state index is 12.7. The number of urea groups is 1. The van der Waals surface area contributed by atoms with Crippen LogP contribution in [0.2, 0.25) is 0 Å². The normalized spacial score (nSPS) is 18.0. The Balaban J connectivity index is 2.48. The van der Waals surface area contributed by atoms with E-state index in [2.05, 4.69) is 9.73 Å². The summed E-state index contributed by atoms with van der Waals surface area (Å²) in [5.74, 6) is 0.352. The molecule has 0 fully saturated rings. The second-order valence-electron chi connectivity index (χ2n) is 7.23. The second kappa shape index (κ2) is 9.89. The van der Waals surface area contributed by atoms with Gasteiger partial charge in [0, 0.05) is 37.3 Å². The monoisotopic (exact) mass is 439 g/mol. The molecule has 0 saturated carbocycles. The van der Waals surface area contributed by atoms with E-state index in [-0.39, 0.29) is 23.4 Å². The molecule has 1 aliphatic rings. The van der Waals surface area contributed by atoms with Gasteiger partial charge in [-0.2, -0.15) is 4.99 Å². The highest BCUT2D eigenvalue weighted by atomic mass is 19.4. The zero-order chi connectivity index (χ0) is 23.3. The van der Waals surface area contributed by atoms with Crippen LogP contribution >= 0.6 is 0 Å². The van der Waals surface area contributed by atoms with Crippen LogP contribution in [0.15, 0.2) is 52.4 Å². The molecule has 0 radical (unpaired) electrons. The summed E-state index contributed by atoms with van der Waals surface area (Å²) in [6.07, 6.45) is -1.43. The Morgan fingerprint density at radius 1 is 1.19 bits per heavy atom. The summed E-state index contributed by atoms with van der Waals surface area (Å²) in [7, 11) is 3.32. The van der Waals surface area contributed by atoms with Gasteiger partial charge in [-0.05, 0) is 31.9 Å². The molecule has 1 unspecified atom stereocenters. The summed E-state index contributed by atoms with van der Waals surface area (Å²) in [6.45, 7) is 7.68. The van der Waals surface area contributed by atoms with Gasteiger partial charge in [-0.15, -0.1) is 13.2 Å². The first-order valence-corrected chi connectivity index (χ1v) is 10.0. The van der Waals surface area contributed by atoms with E-state index in [9.17, 15) is 18.0 Å². The topological polar surface area (TPSA) is 54.4 Å². The Morgan fingerprint density at radius 2 is 1.84 bits per heavy atom. The smallest absolute Gasteiger partial charge is 0.442 e. The quantitative estimate of drug-likeness (QED) is 0.408. The largest absolute Gasteiger partial charge is 0.573 e. The molecule has 9 heteroatoms. The zero-order valence-electron chi connectivity index (χ0n) is 18.6. The lowest BCUT2D eigenvalue weighted by Crippen LogP contribution is -2.42. The third-order valence-corrected chi connectivity index (χ3v) is 4.88. The fourth-order valence-electron chi connectivity index (χ4n) is 3.05. The van der Waals surface area contributed by atoms with Crippen molar-refractivity contribution >= 4 is 11.9 Å². The SMILES string of the molecule is CC/C=C1C(C)=C(/N=C(/Oc2cccc(OC(F)(F)F)c2)C(C)CC)N(C)C(=O)N/1C. The molecular formula is C22H28F3N3O3. The van der Waals surface area contributed by atoms with Gasteiger partial charge in [0.25, 0.3) is 0 Å². The van der Waals surface area contributed by atoms with Gasteiger partial charge < -0.3 is 9.47 Å². The fourth-order valence-corrected chi connectivity index (χ4v) is 3.05. The summed E-state index contributed by atoms with van der Waals surface area (Å²) in [5.41, 5.74) is 1.55. The highest BCUT2D eigenvalue weighted by molar-refractivity contribution is 5.85. The molecule has 0 aliphatic carbocycles. The Labute approximate surface area is 180 Å². The standard InChI is InChI=1S/C22H28F3N3O3/c1-7-10-18-15(4)19(28(6)21(29)27(18)5)26-20(14(3)8-2)30-16-11-9-12-17(13-16)31-22(23,24)25/h9-14H,7-8H2,1-6H3/b18-10-,26-20+. The lowest BCUT2D eigenvalue weighted by atomic mass is 10.1. The minimum Gasteiger partial charge on any atom is -0.442 e. The van der Waals surface area contributed by atoms with Gasteiger partial charge in [0.2, 0.25) is 0 Å². The Hall–Kier alpha value is -2.97. The average Bonchev–Trinajstić information content (AvgIpc) is 2.70. The van der Waals surface area contributed by atoms with Crippen LogP contribution in [0.4, 0.5) is 18.0 Å². The molecule has 1 aliphatic heterocycles. The highest BCUT2D eigenvalue weighted by Gasteiger charge is 2.32. The molecular weight excluding hydrogens is 411 g/mol. The van der Waals surface area contributed by atoms with Crippen LogP contribution in [0.3, 0.4) is 0 Å². The molecule has 0 spiro atoms. The van der Waals surface area contributed by atoms with Crippen molar-refractivity contribution in [2.24, 2.45) is 10.9 Å². The summed E-state index contributed by atoms with van der Waals surface area (Å²) >= 11 is 0. The van der Waals surface area contributed by atoms with E-state index in [1.54, 1.807) is 19.0 Å². The molecule has 1 heterocycles. The Kier molecular flexibility index (Phi) is 7.75. The molecule has 170 valence electrons. The number of likely N-dealkylation sites (N-methyl/N-ethyl adjacent to an activating group) is 1. The van der Waals surface area contributed by atoms with Gasteiger partial charge in [0.05, 0.1) is 0 Å². The molecule has 1 atom stereocenters. The van der Waals surface area contributed by atoms with Crippen molar-refractivity contribution < 1.29 is 27.4 Å². The Morgan fingerprint density at radius 3 is 2.42 bits per heavy atom. The molecule has 2 amide bonds. The van der Waals surface area contributed by atoms with E-state index >= 15 is 0 Å². The van der Waals surface area contributed by atoms with Crippen LogP contribution in [0.1, 0.15) is 40.5 Å². The minimum atomic E-state index is -4.80. The van der Waals surface area contributed by atoms with Crippen molar-refractivity contribution in [2.75, 3.05) is 14.1 Å². The number of amides is 2. The van der Waals surface area contributed by atoms with Crippen LogP contribution in [0.5, 0.6) is 11.5 Å². The van der Waals surface area contributed by atoms with Crippen molar-refractivity contribution in [1.29, 1.82) is 0 Å². The highest BCUT2D eigenvalue weighted by Crippen LogP contribution is 2.30. The number of nitrogens with zero attached hydrogens (tertiary/aromatic N) is 3. The van der Waals surface area contributed by atoms with Crippen molar-refractivity contribution in [3.63, 3.8) is 0 Å². The van der Waals surface area contributed by atoms with Crippen molar-refractivity contribution in [3.8, 4) is 11.5 Å². The number of ether oxygens (including phenoxy) is 2. The van der Waals surface area contributed by atoms with Crippen molar-refractivity contribution in [3.05, 3.63) is 47.4 Å². The van der Waals surface area contributed by atoms with Crippen molar-refractivity contribution in [2.45, 2.75) is 46.9 Å². The first-order chi connectivity index (χ1) is 14.5. The molecule has 31 heavy (non-hydrogen) atoms. The van der Waals surface area contributed by atoms with Crippen LogP contribution in [0.25, 0.3) is 0 Å². The second-order valence-corrected chi connectivity index (χ2v) is 7.23. The number of allylic oxidation sites excluding steroid dienone is 2. The molecule has 0 N–H and O–H groups in total. The molecule has 0 bridgehead atoms. The number of halogens is 3. The van der Waals surface area contributed by atoms with E-state index in [4.69, 9.17) is 4.74 Å². The number of aliphatic imine (C=N–C) groups is 1. The fraction of sp³-hybridized carbons (Fsp3) is 0.455. The lowest BCUT2D eigenvalue weighted by molar-refractivity contribution is -0.274. The molecule has 1 aromatic rings. The van der Waals surface area contributed by atoms with E-state index < -0.39 is 6.36 Å². The van der Waals surface area contributed by atoms with Crippen LogP contribution in [0, 0.1) is 5.92 Å². The van der Waals surface area contributed by atoms with Crippen LogP contribution in [-0.4, -0.2) is 42.2 Å². The number of carbonyl (C=O) groups is 1. The molecule has 1 aromatic carbocycles. The lowest BCUT2D eigenvalue weighted by Gasteiger charge is -2.34. The summed E-state index contributed by atoms with van der Waals surface area (Å²) in [4.78, 5) is 20.3. The molecule has 0 aromatic heterocycles. The van der Waals surface area contributed by atoms with Gasteiger partial charge in [0.15, 0.2) is 5.90 Å². The van der Waals surface area contributed by atoms with Gasteiger partial charge in [-0.1, -0.05) is 32.9 Å². The number of alkyl halides is 3. The predicted molar refractivity (Wildman–Crippen MR) is 113 cm³/mol. The van der Waals surface area contributed by atoms with E-state index in [0.717, 1.165) is 23.8 Å². The first kappa shape index (κ1) is 24.3. The predicted octanol–water partition coefficient (Wildman–Crippen LogP) is 5.93. The molecule has 6 nitrogen and oxygen atoms in total. The van der Waals surface area contributed by atoms with Gasteiger partial charge >= 0.3 is 12.4 Å². The van der Waals surface area contributed by atoms with E-state index in [1.807, 2.05) is 33.8 Å². The van der Waals surface area contributed by atoms with E-state index in [1.165, 1.54) is 23.1 Å². The van der Waals surface area contributed by atoms with Gasteiger partial charge in [-0.3, -0.25) is 9.80 Å². The van der Waals surface area contributed by atoms with E-state index in [0.29, 0.717) is 18.1 Å². The van der Waals surface area contributed by atoms with Crippen LogP contribution in [-0.2, 0) is 0 Å². The van der Waals surface area contributed by atoms with Gasteiger partial charge in [-0.25, -0.2) is 4.79 Å². The van der Waals surface area contributed by atoms with Crippen molar-refractivity contribution in [1.82, 2.24) is 9.80 Å². The zero-order valence-corrected chi connectivity index (χ0v) is 18.6.